The lowest BCUT2D eigenvalue weighted by molar-refractivity contribution is -0.139. The first-order valence-corrected chi connectivity index (χ1v) is 8.40. The van der Waals surface area contributed by atoms with Crippen molar-refractivity contribution >= 4 is 18.2 Å². The van der Waals surface area contributed by atoms with Gasteiger partial charge in [0.05, 0.1) is 25.4 Å². The van der Waals surface area contributed by atoms with E-state index in [4.69, 9.17) is 14.2 Å². The lowest BCUT2D eigenvalue weighted by Gasteiger charge is -2.31. The van der Waals surface area contributed by atoms with Gasteiger partial charge in [-0.2, -0.15) is 10.0 Å². The van der Waals surface area contributed by atoms with Crippen LogP contribution in [-0.4, -0.2) is 48.0 Å². The lowest BCUT2D eigenvalue weighted by atomic mass is 10.00. The fraction of sp³-hybridized carbons (Fsp3) is 0.389. The van der Waals surface area contributed by atoms with Gasteiger partial charge in [-0.05, 0) is 26.3 Å². The van der Waals surface area contributed by atoms with Crippen LogP contribution in [-0.2, 0) is 19.0 Å². The highest BCUT2D eigenvalue weighted by Crippen LogP contribution is 2.37. The molecule has 26 heavy (non-hydrogen) atoms. The molecule has 0 aromatic heterocycles. The summed E-state index contributed by atoms with van der Waals surface area (Å²) in [6, 6.07) is 7.99. The van der Waals surface area contributed by atoms with Crippen molar-refractivity contribution in [3.63, 3.8) is 0 Å². The molecule has 0 N–H and O–H groups in total. The third-order valence-electron chi connectivity index (χ3n) is 3.57. The zero-order valence-corrected chi connectivity index (χ0v) is 15.0. The predicted octanol–water partition coefficient (Wildman–Crippen LogP) is 3.02. The van der Waals surface area contributed by atoms with Gasteiger partial charge < -0.3 is 14.2 Å². The summed E-state index contributed by atoms with van der Waals surface area (Å²) in [5, 5.41) is 2.01. The number of esters is 1. The van der Waals surface area contributed by atoms with Gasteiger partial charge in [0.25, 0.3) is 0 Å². The smallest absolute Gasteiger partial charge is 0.433 e. The van der Waals surface area contributed by atoms with Crippen LogP contribution < -0.4 is 0 Å². The van der Waals surface area contributed by atoms with E-state index in [0.29, 0.717) is 5.56 Å². The van der Waals surface area contributed by atoms with E-state index in [2.05, 4.69) is 0 Å². The van der Waals surface area contributed by atoms with Crippen LogP contribution in [0.5, 0.6) is 0 Å². The minimum atomic E-state index is -0.862. The minimum absolute atomic E-state index is 0.113. The number of carbonyl (C=O) groups is 3. The molecular weight excluding hydrogens is 340 g/mol. The maximum Gasteiger partial charge on any atom is 0.433 e. The average molecular weight is 362 g/mol. The van der Waals surface area contributed by atoms with Gasteiger partial charge >= 0.3 is 18.2 Å². The number of ether oxygens (including phenoxy) is 3. The second-order valence-electron chi connectivity index (χ2n) is 5.21. The quantitative estimate of drug-likeness (QED) is 0.591. The summed E-state index contributed by atoms with van der Waals surface area (Å²) in [4.78, 5) is 37.3. The summed E-state index contributed by atoms with van der Waals surface area (Å²) in [5.74, 6) is -0.623. The van der Waals surface area contributed by atoms with Crippen LogP contribution in [0.1, 0.15) is 32.4 Å². The van der Waals surface area contributed by atoms with Crippen molar-refractivity contribution in [2.45, 2.75) is 26.8 Å². The summed E-state index contributed by atoms with van der Waals surface area (Å²) >= 11 is 0. The topological polar surface area (TPSA) is 85.4 Å². The molecule has 0 radical (unpaired) electrons. The Bertz CT molecular complexity index is 688. The number of nitrogens with zero attached hydrogens (tertiary/aromatic N) is 2. The first kappa shape index (κ1) is 19.3. The van der Waals surface area contributed by atoms with Crippen molar-refractivity contribution in [3.8, 4) is 0 Å². The Hall–Kier alpha value is -3.03. The van der Waals surface area contributed by atoms with Crippen LogP contribution in [0.25, 0.3) is 0 Å². The molecule has 0 aliphatic carbocycles. The van der Waals surface area contributed by atoms with Crippen LogP contribution in [0.2, 0.25) is 0 Å². The highest BCUT2D eigenvalue weighted by atomic mass is 16.6. The number of amides is 2. The third-order valence-corrected chi connectivity index (χ3v) is 3.57. The first-order valence-electron chi connectivity index (χ1n) is 8.40. The molecule has 1 aliphatic rings. The third kappa shape index (κ3) is 3.96. The van der Waals surface area contributed by atoms with Crippen molar-refractivity contribution in [1.82, 2.24) is 10.0 Å². The van der Waals surface area contributed by atoms with Gasteiger partial charge in [0.1, 0.15) is 6.04 Å². The molecule has 0 fully saturated rings. The van der Waals surface area contributed by atoms with Gasteiger partial charge in [0.2, 0.25) is 0 Å². The molecule has 8 heteroatoms. The zero-order chi connectivity index (χ0) is 19.1. The van der Waals surface area contributed by atoms with E-state index in [-0.39, 0.29) is 25.4 Å². The Balaban J connectivity index is 2.51. The molecular formula is C18H22N2O6. The summed E-state index contributed by atoms with van der Waals surface area (Å²) in [6.07, 6.45) is -0.310. The SMILES string of the molecule is CCOC(=O)C1=CN(C(=O)OCC)N(C(=O)OCC)C1c1ccccc1. The van der Waals surface area contributed by atoms with Crippen LogP contribution in [0, 0.1) is 0 Å². The van der Waals surface area contributed by atoms with Crippen molar-refractivity contribution < 1.29 is 28.6 Å². The number of rotatable bonds is 5. The Morgan fingerprint density at radius 3 is 2.04 bits per heavy atom. The van der Waals surface area contributed by atoms with Gasteiger partial charge in [0, 0.05) is 6.20 Å². The molecule has 1 heterocycles. The van der Waals surface area contributed by atoms with Crippen molar-refractivity contribution in [2.75, 3.05) is 19.8 Å². The van der Waals surface area contributed by atoms with E-state index in [1.807, 2.05) is 6.07 Å². The largest absolute Gasteiger partial charge is 0.463 e. The molecule has 0 spiro atoms. The average Bonchev–Trinajstić information content (AvgIpc) is 3.04. The summed E-state index contributed by atoms with van der Waals surface area (Å²) in [6.45, 7) is 5.37. The van der Waals surface area contributed by atoms with Crippen LogP contribution in [0.4, 0.5) is 9.59 Å². The molecule has 1 aliphatic heterocycles. The van der Waals surface area contributed by atoms with Gasteiger partial charge in [-0.1, -0.05) is 30.3 Å². The Morgan fingerprint density at radius 1 is 0.885 bits per heavy atom. The number of hydrazine groups is 1. The molecule has 1 unspecified atom stereocenters. The van der Waals surface area contributed by atoms with Gasteiger partial charge in [-0.3, -0.25) is 0 Å². The molecule has 1 aromatic rings. The van der Waals surface area contributed by atoms with Gasteiger partial charge in [-0.15, -0.1) is 0 Å². The number of hydrogen-bond acceptors (Lipinski definition) is 6. The van der Waals surface area contributed by atoms with E-state index < -0.39 is 24.2 Å². The molecule has 0 saturated heterocycles. The Kier molecular flexibility index (Phi) is 6.60. The predicted molar refractivity (Wildman–Crippen MR) is 91.6 cm³/mol. The minimum Gasteiger partial charge on any atom is -0.463 e. The number of carbonyl (C=O) groups excluding carboxylic acids is 3. The van der Waals surface area contributed by atoms with E-state index in [9.17, 15) is 14.4 Å². The molecule has 2 amide bonds. The fourth-order valence-corrected chi connectivity index (χ4v) is 2.57. The highest BCUT2D eigenvalue weighted by Gasteiger charge is 2.45. The van der Waals surface area contributed by atoms with E-state index in [1.54, 1.807) is 45.0 Å². The molecule has 0 bridgehead atoms. The molecule has 8 nitrogen and oxygen atoms in total. The molecule has 140 valence electrons. The van der Waals surface area contributed by atoms with Crippen LogP contribution in [0.15, 0.2) is 42.1 Å². The van der Waals surface area contributed by atoms with Crippen molar-refractivity contribution in [1.29, 1.82) is 0 Å². The van der Waals surface area contributed by atoms with Gasteiger partial charge in [0.15, 0.2) is 0 Å². The van der Waals surface area contributed by atoms with E-state index >= 15 is 0 Å². The Labute approximate surface area is 151 Å². The normalized spacial score (nSPS) is 16.1. The summed E-state index contributed by atoms with van der Waals surface area (Å²) in [7, 11) is 0. The van der Waals surface area contributed by atoms with Crippen molar-refractivity contribution in [2.24, 2.45) is 0 Å². The second kappa shape index (κ2) is 8.89. The summed E-state index contributed by atoms with van der Waals surface area (Å²) < 4.78 is 15.2. The molecule has 1 atom stereocenters. The standard InChI is InChI=1S/C18H22N2O6/c1-4-24-16(21)14-12-19(17(22)25-5-2)20(18(23)26-6-3)15(14)13-10-8-7-9-11-13/h7-12,15H,4-6H2,1-3H3. The molecule has 1 aromatic carbocycles. The number of benzene rings is 1. The molecule has 0 saturated carbocycles. The second-order valence-corrected chi connectivity index (χ2v) is 5.21. The fourth-order valence-electron chi connectivity index (χ4n) is 2.57. The highest BCUT2D eigenvalue weighted by molar-refractivity contribution is 5.93. The lowest BCUT2D eigenvalue weighted by Crippen LogP contribution is -2.46. The van der Waals surface area contributed by atoms with E-state index in [0.717, 1.165) is 10.0 Å². The zero-order valence-electron chi connectivity index (χ0n) is 15.0. The molecule has 2 rings (SSSR count). The number of hydrogen-bond donors (Lipinski definition) is 0. The first-order chi connectivity index (χ1) is 12.5. The summed E-state index contributed by atoms with van der Waals surface area (Å²) in [5.41, 5.74) is 0.769. The van der Waals surface area contributed by atoms with Crippen LogP contribution >= 0.6 is 0 Å². The maximum absolute atomic E-state index is 12.5. The Morgan fingerprint density at radius 2 is 1.46 bits per heavy atom. The van der Waals surface area contributed by atoms with E-state index in [1.165, 1.54) is 6.20 Å². The van der Waals surface area contributed by atoms with Crippen LogP contribution in [0.3, 0.4) is 0 Å². The van der Waals surface area contributed by atoms with Gasteiger partial charge in [-0.25, -0.2) is 14.4 Å². The van der Waals surface area contributed by atoms with Crippen molar-refractivity contribution in [3.05, 3.63) is 47.7 Å². The maximum atomic E-state index is 12.5. The monoisotopic (exact) mass is 362 g/mol.